The van der Waals surface area contributed by atoms with Crippen LogP contribution in [0, 0.1) is 10.1 Å². The lowest BCUT2D eigenvalue weighted by Gasteiger charge is -2.11. The summed E-state index contributed by atoms with van der Waals surface area (Å²) in [5.41, 5.74) is 3.04. The van der Waals surface area contributed by atoms with Gasteiger partial charge < -0.3 is 10.3 Å². The lowest BCUT2D eigenvalue weighted by atomic mass is 9.95. The second kappa shape index (κ2) is 8.77. The number of aromatic nitrogens is 1. The van der Waals surface area contributed by atoms with Crippen molar-refractivity contribution in [3.8, 4) is 16.9 Å². The number of non-ortho nitro benzene ring substituents is 1. The van der Waals surface area contributed by atoms with Gasteiger partial charge in [-0.25, -0.2) is 0 Å². The van der Waals surface area contributed by atoms with Gasteiger partial charge in [0.15, 0.2) is 0 Å². The van der Waals surface area contributed by atoms with Gasteiger partial charge in [-0.3, -0.25) is 15.1 Å². The van der Waals surface area contributed by atoms with E-state index < -0.39 is 4.92 Å². The van der Waals surface area contributed by atoms with Crippen molar-refractivity contribution in [2.24, 2.45) is 5.16 Å². The molecule has 0 aliphatic carbocycles. The summed E-state index contributed by atoms with van der Waals surface area (Å²) in [5.74, 6) is -0.109. The number of rotatable bonds is 5. The van der Waals surface area contributed by atoms with E-state index in [4.69, 9.17) is 5.21 Å². The summed E-state index contributed by atoms with van der Waals surface area (Å²) in [6, 6.07) is 13.2. The molecule has 0 aliphatic heterocycles. The second-order valence-electron chi connectivity index (χ2n) is 5.67. The molecule has 1 aromatic heterocycles. The number of nitrogens with zero attached hydrogens (tertiary/aromatic N) is 3. The maximum atomic E-state index is 11.0. The van der Waals surface area contributed by atoms with Crippen molar-refractivity contribution in [3.63, 3.8) is 0 Å². The summed E-state index contributed by atoms with van der Waals surface area (Å²) >= 11 is 0. The van der Waals surface area contributed by atoms with Crippen LogP contribution in [0.15, 0.2) is 66.1 Å². The van der Waals surface area contributed by atoms with Gasteiger partial charge in [0.05, 0.1) is 11.1 Å². The Hall–Kier alpha value is -3.45. The second-order valence-corrected chi connectivity index (χ2v) is 5.67. The first-order valence-electron chi connectivity index (χ1n) is 7.75. The minimum atomic E-state index is -0.489. The Morgan fingerprint density at radius 1 is 1.11 bits per heavy atom. The summed E-state index contributed by atoms with van der Waals surface area (Å²) < 4.78 is 0. The number of hydrogen-bond acceptors (Lipinski definition) is 6. The average Bonchev–Trinajstić information content (AvgIpc) is 2.65. The molecule has 0 spiro atoms. The zero-order valence-corrected chi connectivity index (χ0v) is 14.8. The molecule has 0 bridgehead atoms. The molecule has 1 heterocycles. The van der Waals surface area contributed by atoms with Crippen LogP contribution < -0.4 is 0 Å². The van der Waals surface area contributed by atoms with E-state index in [1.807, 2.05) is 12.1 Å². The highest BCUT2D eigenvalue weighted by Gasteiger charge is 2.14. The zero-order chi connectivity index (χ0) is 18.5. The third-order valence-corrected chi connectivity index (χ3v) is 3.92. The van der Waals surface area contributed by atoms with E-state index in [1.165, 1.54) is 12.1 Å². The maximum Gasteiger partial charge on any atom is 0.270 e. The maximum absolute atomic E-state index is 11.0. The van der Waals surface area contributed by atoms with E-state index in [0.717, 1.165) is 17.3 Å². The fraction of sp³-hybridized carbons (Fsp3) is 0.0526. The van der Waals surface area contributed by atoms with Crippen LogP contribution >= 0.6 is 12.4 Å². The molecular formula is C19H16ClN3O4. The summed E-state index contributed by atoms with van der Waals surface area (Å²) in [4.78, 5) is 14.5. The Morgan fingerprint density at radius 2 is 1.85 bits per heavy atom. The van der Waals surface area contributed by atoms with E-state index in [-0.39, 0.29) is 23.8 Å². The highest BCUT2D eigenvalue weighted by atomic mass is 35.5. The highest BCUT2D eigenvalue weighted by Crippen LogP contribution is 2.35. The van der Waals surface area contributed by atoms with Crippen LogP contribution in [-0.4, -0.2) is 26.4 Å². The predicted octanol–water partition coefficient (Wildman–Crippen LogP) is 4.18. The van der Waals surface area contributed by atoms with Gasteiger partial charge in [0.1, 0.15) is 5.75 Å². The van der Waals surface area contributed by atoms with Gasteiger partial charge in [0, 0.05) is 35.7 Å². The molecule has 7 nitrogen and oxygen atoms in total. The molecular weight excluding hydrogens is 370 g/mol. The molecule has 0 saturated carbocycles. The molecule has 0 aliphatic rings. The Bertz CT molecular complexity index is 978. The fourth-order valence-corrected chi connectivity index (χ4v) is 2.73. The van der Waals surface area contributed by atoms with Crippen LogP contribution in [0.2, 0.25) is 0 Å². The number of nitro groups is 1. The van der Waals surface area contributed by atoms with E-state index in [2.05, 4.69) is 10.1 Å². The molecule has 2 aromatic carbocycles. The Morgan fingerprint density at radius 3 is 2.52 bits per heavy atom. The number of halogens is 1. The number of benzene rings is 2. The van der Waals surface area contributed by atoms with E-state index in [0.29, 0.717) is 23.1 Å². The molecule has 3 rings (SSSR count). The van der Waals surface area contributed by atoms with Gasteiger partial charge >= 0.3 is 0 Å². The summed E-state index contributed by atoms with van der Waals surface area (Å²) in [6.07, 6.45) is 5.07. The Balaban J connectivity index is 0.00000261. The van der Waals surface area contributed by atoms with Crippen LogP contribution in [0.1, 0.15) is 16.7 Å². The van der Waals surface area contributed by atoms with Gasteiger partial charge in [0.25, 0.3) is 5.69 Å². The fourth-order valence-electron chi connectivity index (χ4n) is 2.73. The van der Waals surface area contributed by atoms with Crippen molar-refractivity contribution in [2.45, 2.75) is 6.42 Å². The summed E-state index contributed by atoms with van der Waals surface area (Å²) in [6.45, 7) is 0. The average molecular weight is 386 g/mol. The van der Waals surface area contributed by atoms with Gasteiger partial charge in [-0.2, -0.15) is 0 Å². The molecule has 0 fully saturated rings. The van der Waals surface area contributed by atoms with Crippen molar-refractivity contribution < 1.29 is 15.2 Å². The first-order valence-corrected chi connectivity index (χ1v) is 7.75. The topological polar surface area (TPSA) is 109 Å². The third kappa shape index (κ3) is 4.59. The summed E-state index contributed by atoms with van der Waals surface area (Å²) in [7, 11) is 0. The Kier molecular flexibility index (Phi) is 6.46. The predicted molar refractivity (Wildman–Crippen MR) is 104 cm³/mol. The molecule has 0 saturated heterocycles. The van der Waals surface area contributed by atoms with E-state index >= 15 is 0 Å². The summed E-state index contributed by atoms with van der Waals surface area (Å²) in [5, 5.41) is 33.4. The number of nitro benzene ring substituents is 1. The van der Waals surface area contributed by atoms with Crippen molar-refractivity contribution in [1.29, 1.82) is 0 Å². The molecule has 138 valence electrons. The molecule has 0 radical (unpaired) electrons. The number of aromatic hydroxyl groups is 1. The molecule has 3 aromatic rings. The van der Waals surface area contributed by atoms with E-state index in [9.17, 15) is 15.2 Å². The lowest BCUT2D eigenvalue weighted by Crippen LogP contribution is -1.95. The first-order chi connectivity index (χ1) is 12.6. The standard InChI is InChI=1S/C19H15N3O4.ClH/c23-19-16(12-21-24)9-14(8-13-4-6-20-7-5-13)10-18(19)15-2-1-3-17(11-15)22(25)26;/h1-7,9-12,23-24H,8H2;1H/b21-12+;. The SMILES string of the molecule is Cl.O=[N+]([O-])c1cccc(-c2cc(Cc3ccncc3)cc(/C=N/O)c2O)c1. The molecule has 0 amide bonds. The monoisotopic (exact) mass is 385 g/mol. The largest absolute Gasteiger partial charge is 0.507 e. The first kappa shape index (κ1) is 19.9. The van der Waals surface area contributed by atoms with Gasteiger partial charge in [-0.1, -0.05) is 17.3 Å². The van der Waals surface area contributed by atoms with Crippen molar-refractivity contribution >= 4 is 24.3 Å². The van der Waals surface area contributed by atoms with Crippen LogP contribution in [0.3, 0.4) is 0 Å². The van der Waals surface area contributed by atoms with Gasteiger partial charge in [-0.15, -0.1) is 12.4 Å². The highest BCUT2D eigenvalue weighted by molar-refractivity contribution is 5.89. The van der Waals surface area contributed by atoms with E-state index in [1.54, 1.807) is 36.7 Å². The smallest absolute Gasteiger partial charge is 0.270 e. The molecule has 8 heteroatoms. The van der Waals surface area contributed by atoms with Crippen LogP contribution in [0.4, 0.5) is 5.69 Å². The lowest BCUT2D eigenvalue weighted by molar-refractivity contribution is -0.384. The number of phenolic OH excluding ortho intramolecular Hbond substituents is 1. The zero-order valence-electron chi connectivity index (χ0n) is 14.0. The minimum absolute atomic E-state index is 0. The minimum Gasteiger partial charge on any atom is -0.507 e. The number of oxime groups is 1. The molecule has 2 N–H and O–H groups in total. The van der Waals surface area contributed by atoms with Crippen molar-refractivity contribution in [1.82, 2.24) is 4.98 Å². The van der Waals surface area contributed by atoms with Crippen LogP contribution in [0.25, 0.3) is 11.1 Å². The third-order valence-electron chi connectivity index (χ3n) is 3.92. The van der Waals surface area contributed by atoms with Crippen molar-refractivity contribution in [3.05, 3.63) is 87.7 Å². The van der Waals surface area contributed by atoms with Crippen LogP contribution in [0.5, 0.6) is 5.75 Å². The number of phenols is 1. The molecule has 27 heavy (non-hydrogen) atoms. The normalized spacial score (nSPS) is 10.5. The van der Waals surface area contributed by atoms with Gasteiger partial charge in [-0.05, 0) is 47.4 Å². The van der Waals surface area contributed by atoms with Crippen LogP contribution in [-0.2, 0) is 6.42 Å². The van der Waals surface area contributed by atoms with Gasteiger partial charge in [0.2, 0.25) is 0 Å². The quantitative estimate of drug-likeness (QED) is 0.296. The Labute approximate surface area is 161 Å². The molecule has 0 unspecified atom stereocenters. The number of hydrogen-bond donors (Lipinski definition) is 2. The van der Waals surface area contributed by atoms with Crippen molar-refractivity contribution in [2.75, 3.05) is 0 Å². The molecule has 0 atom stereocenters. The number of pyridine rings is 1.